The van der Waals surface area contributed by atoms with Gasteiger partial charge in [0.25, 0.3) is 5.56 Å². The molecule has 0 unspecified atom stereocenters. The van der Waals surface area contributed by atoms with Gasteiger partial charge in [-0.3, -0.25) is 4.79 Å². The molecule has 0 radical (unpaired) electrons. The lowest BCUT2D eigenvalue weighted by molar-refractivity contribution is 0.580. The van der Waals surface area contributed by atoms with Crippen molar-refractivity contribution < 1.29 is 4.42 Å². The molecule has 0 aliphatic heterocycles. The Balaban J connectivity index is 1.64. The topological polar surface area (TPSA) is 86.9 Å². The first-order valence-corrected chi connectivity index (χ1v) is 8.62. The van der Waals surface area contributed by atoms with Gasteiger partial charge in [0.15, 0.2) is 5.76 Å². The van der Waals surface area contributed by atoms with Crippen molar-refractivity contribution >= 4 is 5.95 Å². The summed E-state index contributed by atoms with van der Waals surface area (Å²) in [5.74, 6) is 0.730. The summed E-state index contributed by atoms with van der Waals surface area (Å²) in [5.41, 5.74) is 8.84. The van der Waals surface area contributed by atoms with E-state index >= 15 is 0 Å². The van der Waals surface area contributed by atoms with Gasteiger partial charge in [-0.2, -0.15) is 0 Å². The molecule has 2 N–H and O–H groups in total. The number of pyridine rings is 1. The van der Waals surface area contributed by atoms with Crippen LogP contribution >= 0.6 is 0 Å². The molecule has 0 aliphatic carbocycles. The average molecular weight is 358 g/mol. The molecule has 6 heteroatoms. The fourth-order valence-electron chi connectivity index (χ4n) is 2.96. The maximum Gasteiger partial charge on any atom is 0.251 e. The highest BCUT2D eigenvalue weighted by atomic mass is 16.3. The number of aromatic nitrogens is 3. The van der Waals surface area contributed by atoms with E-state index < -0.39 is 0 Å². The van der Waals surface area contributed by atoms with Crippen LogP contribution in [0.5, 0.6) is 0 Å². The van der Waals surface area contributed by atoms with E-state index in [1.54, 1.807) is 41.4 Å². The molecule has 0 atom stereocenters. The zero-order valence-electron chi connectivity index (χ0n) is 14.6. The predicted molar refractivity (Wildman–Crippen MR) is 104 cm³/mol. The van der Waals surface area contributed by atoms with Crippen LogP contribution in [0.2, 0.25) is 0 Å². The van der Waals surface area contributed by atoms with Crippen molar-refractivity contribution in [1.29, 1.82) is 0 Å². The Morgan fingerprint density at radius 2 is 1.93 bits per heavy atom. The number of benzene rings is 1. The van der Waals surface area contributed by atoms with Crippen molar-refractivity contribution in [2.24, 2.45) is 0 Å². The van der Waals surface area contributed by atoms with Gasteiger partial charge in [-0.1, -0.05) is 30.3 Å². The van der Waals surface area contributed by atoms with E-state index in [9.17, 15) is 4.79 Å². The Morgan fingerprint density at radius 1 is 1.07 bits per heavy atom. The first-order valence-electron chi connectivity index (χ1n) is 8.62. The molecule has 4 rings (SSSR count). The van der Waals surface area contributed by atoms with Gasteiger partial charge in [0.2, 0.25) is 5.95 Å². The molecule has 0 aliphatic rings. The first kappa shape index (κ1) is 16.8. The summed E-state index contributed by atoms with van der Waals surface area (Å²) in [6.45, 7) is 0.617. The van der Waals surface area contributed by atoms with Crippen molar-refractivity contribution in [3.63, 3.8) is 0 Å². The van der Waals surface area contributed by atoms with Crippen LogP contribution in [0, 0.1) is 0 Å². The Kier molecular flexibility index (Phi) is 4.53. The zero-order valence-corrected chi connectivity index (χ0v) is 14.6. The fourth-order valence-corrected chi connectivity index (χ4v) is 2.96. The Bertz CT molecular complexity index is 1100. The molecule has 0 amide bonds. The lowest BCUT2D eigenvalue weighted by atomic mass is 10.1. The standard InChI is InChI=1S/C21H18N4O2/c22-21-23-14-17(20(24-21)18-7-4-12-27-18)16-9-11-25(19(26)13-16)10-8-15-5-2-1-3-6-15/h1-7,9,11-14H,8,10H2,(H2,22,23,24). The Morgan fingerprint density at radius 3 is 2.67 bits per heavy atom. The maximum atomic E-state index is 12.6. The largest absolute Gasteiger partial charge is 0.463 e. The second kappa shape index (κ2) is 7.29. The molecule has 3 aromatic heterocycles. The first-order chi connectivity index (χ1) is 13.2. The maximum absolute atomic E-state index is 12.6. The monoisotopic (exact) mass is 358 g/mol. The summed E-state index contributed by atoms with van der Waals surface area (Å²) >= 11 is 0. The minimum absolute atomic E-state index is 0.0781. The van der Waals surface area contributed by atoms with Crippen LogP contribution in [0.4, 0.5) is 5.95 Å². The lowest BCUT2D eigenvalue weighted by Gasteiger charge is -2.10. The number of aryl methyl sites for hydroxylation is 2. The van der Waals surface area contributed by atoms with Crippen LogP contribution in [0.25, 0.3) is 22.6 Å². The number of nitrogens with zero attached hydrogens (tertiary/aromatic N) is 3. The van der Waals surface area contributed by atoms with Crippen LogP contribution in [0.3, 0.4) is 0 Å². The molecule has 0 bridgehead atoms. The fraction of sp³-hybridized carbons (Fsp3) is 0.0952. The van der Waals surface area contributed by atoms with Crippen LogP contribution < -0.4 is 11.3 Å². The van der Waals surface area contributed by atoms with E-state index in [-0.39, 0.29) is 11.5 Å². The number of rotatable bonds is 5. The SMILES string of the molecule is Nc1ncc(-c2ccn(CCc3ccccc3)c(=O)c2)c(-c2ccco2)n1. The van der Waals surface area contributed by atoms with E-state index in [4.69, 9.17) is 10.2 Å². The predicted octanol–water partition coefficient (Wildman–Crippen LogP) is 3.39. The molecule has 134 valence electrons. The van der Waals surface area contributed by atoms with Crippen LogP contribution in [-0.2, 0) is 13.0 Å². The molecule has 4 aromatic rings. The summed E-state index contributed by atoms with van der Waals surface area (Å²) < 4.78 is 7.14. The highest BCUT2D eigenvalue weighted by Crippen LogP contribution is 2.29. The summed E-state index contributed by atoms with van der Waals surface area (Å²) in [6.07, 6.45) is 5.77. The molecule has 6 nitrogen and oxygen atoms in total. The molecule has 0 saturated heterocycles. The minimum Gasteiger partial charge on any atom is -0.463 e. The molecule has 0 spiro atoms. The summed E-state index contributed by atoms with van der Waals surface area (Å²) in [6, 6.07) is 17.1. The van der Waals surface area contributed by atoms with E-state index in [1.807, 2.05) is 24.3 Å². The number of hydrogen-bond donors (Lipinski definition) is 1. The molecule has 27 heavy (non-hydrogen) atoms. The van der Waals surface area contributed by atoms with Crippen molar-refractivity contribution in [3.05, 3.63) is 89.2 Å². The molecule has 3 heterocycles. The van der Waals surface area contributed by atoms with Gasteiger partial charge in [-0.05, 0) is 35.7 Å². The minimum atomic E-state index is -0.0781. The smallest absolute Gasteiger partial charge is 0.251 e. The molecule has 1 aromatic carbocycles. The number of nitrogen functional groups attached to an aromatic ring is 1. The van der Waals surface area contributed by atoms with E-state index in [1.165, 1.54) is 5.56 Å². The molecule has 0 saturated carbocycles. The van der Waals surface area contributed by atoms with Gasteiger partial charge in [-0.15, -0.1) is 0 Å². The molecule has 0 fully saturated rings. The van der Waals surface area contributed by atoms with Gasteiger partial charge in [-0.25, -0.2) is 9.97 Å². The number of anilines is 1. The van der Waals surface area contributed by atoms with Crippen molar-refractivity contribution in [3.8, 4) is 22.6 Å². The quantitative estimate of drug-likeness (QED) is 0.591. The average Bonchev–Trinajstić information content (AvgIpc) is 3.22. The van der Waals surface area contributed by atoms with Gasteiger partial charge in [0.1, 0.15) is 5.69 Å². The molecular formula is C21H18N4O2. The Labute approximate surface area is 155 Å². The highest BCUT2D eigenvalue weighted by molar-refractivity contribution is 5.78. The number of hydrogen-bond acceptors (Lipinski definition) is 5. The van der Waals surface area contributed by atoms with Crippen molar-refractivity contribution in [1.82, 2.24) is 14.5 Å². The van der Waals surface area contributed by atoms with Gasteiger partial charge >= 0.3 is 0 Å². The summed E-state index contributed by atoms with van der Waals surface area (Å²) in [4.78, 5) is 20.9. The van der Waals surface area contributed by atoms with Crippen LogP contribution in [0.1, 0.15) is 5.56 Å². The summed E-state index contributed by atoms with van der Waals surface area (Å²) in [7, 11) is 0. The second-order valence-electron chi connectivity index (χ2n) is 6.15. The number of furan rings is 1. The van der Waals surface area contributed by atoms with Gasteiger partial charge in [0, 0.05) is 30.6 Å². The van der Waals surface area contributed by atoms with E-state index in [2.05, 4.69) is 22.1 Å². The van der Waals surface area contributed by atoms with Gasteiger partial charge < -0.3 is 14.7 Å². The lowest BCUT2D eigenvalue weighted by Crippen LogP contribution is -2.19. The Hall–Kier alpha value is -3.67. The third kappa shape index (κ3) is 3.64. The third-order valence-corrected chi connectivity index (χ3v) is 4.35. The molecular weight excluding hydrogens is 340 g/mol. The van der Waals surface area contributed by atoms with Crippen LogP contribution in [0.15, 0.2) is 82.5 Å². The second-order valence-corrected chi connectivity index (χ2v) is 6.15. The van der Waals surface area contributed by atoms with Crippen molar-refractivity contribution in [2.75, 3.05) is 5.73 Å². The highest BCUT2D eigenvalue weighted by Gasteiger charge is 2.14. The summed E-state index contributed by atoms with van der Waals surface area (Å²) in [5, 5.41) is 0. The van der Waals surface area contributed by atoms with Gasteiger partial charge in [0.05, 0.1) is 6.26 Å². The number of nitrogens with two attached hydrogens (primary N) is 1. The van der Waals surface area contributed by atoms with E-state index in [0.29, 0.717) is 23.6 Å². The van der Waals surface area contributed by atoms with E-state index in [0.717, 1.165) is 12.0 Å². The normalized spacial score (nSPS) is 10.8. The van der Waals surface area contributed by atoms with Crippen molar-refractivity contribution in [2.45, 2.75) is 13.0 Å². The zero-order chi connectivity index (χ0) is 18.6. The third-order valence-electron chi connectivity index (χ3n) is 4.35. The van der Waals surface area contributed by atoms with Crippen LogP contribution in [-0.4, -0.2) is 14.5 Å².